The zero-order chi connectivity index (χ0) is 21.8. The van der Waals surface area contributed by atoms with Crippen molar-refractivity contribution in [2.75, 3.05) is 38.1 Å². The van der Waals surface area contributed by atoms with E-state index >= 15 is 0 Å². The lowest BCUT2D eigenvalue weighted by Crippen LogP contribution is -2.28. The molecule has 0 spiro atoms. The van der Waals surface area contributed by atoms with Crippen LogP contribution >= 0.6 is 11.6 Å². The number of benzene rings is 2. The maximum atomic E-state index is 12.8. The molecule has 1 atom stereocenters. The lowest BCUT2D eigenvalue weighted by Gasteiger charge is -2.18. The molecule has 3 rings (SSSR count). The Kier molecular flexibility index (Phi) is 6.47. The zero-order valence-electron chi connectivity index (χ0n) is 16.7. The van der Waals surface area contributed by atoms with Crippen LogP contribution in [0.2, 0.25) is 5.02 Å². The summed E-state index contributed by atoms with van der Waals surface area (Å²) in [6, 6.07) is 9.56. The number of hydrogen-bond donors (Lipinski definition) is 1. The molecule has 1 aliphatic rings. The van der Waals surface area contributed by atoms with Crippen LogP contribution in [-0.4, -0.2) is 45.7 Å². The van der Waals surface area contributed by atoms with Crippen LogP contribution in [-0.2, 0) is 14.3 Å². The van der Waals surface area contributed by atoms with Gasteiger partial charge in [0.25, 0.3) is 0 Å². The van der Waals surface area contributed by atoms with Gasteiger partial charge in [0.05, 0.1) is 43.5 Å². The Labute approximate surface area is 178 Å². The van der Waals surface area contributed by atoms with Crippen LogP contribution in [0.5, 0.6) is 11.5 Å². The van der Waals surface area contributed by atoms with E-state index in [0.717, 1.165) is 0 Å². The van der Waals surface area contributed by atoms with Crippen LogP contribution in [0.4, 0.5) is 11.4 Å². The molecule has 0 aliphatic carbocycles. The van der Waals surface area contributed by atoms with Gasteiger partial charge in [0.2, 0.25) is 11.8 Å². The Hall–Kier alpha value is -3.26. The maximum Gasteiger partial charge on any atom is 0.337 e. The van der Waals surface area contributed by atoms with Gasteiger partial charge in [-0.3, -0.25) is 9.59 Å². The first kappa shape index (κ1) is 21.4. The highest BCUT2D eigenvalue weighted by Crippen LogP contribution is 2.34. The molecule has 1 fully saturated rings. The number of anilines is 2. The van der Waals surface area contributed by atoms with Crippen molar-refractivity contribution in [1.29, 1.82) is 0 Å². The molecule has 1 aliphatic heterocycles. The highest BCUT2D eigenvalue weighted by atomic mass is 35.5. The van der Waals surface area contributed by atoms with Gasteiger partial charge in [0, 0.05) is 24.7 Å². The number of carbonyl (C=O) groups excluding carboxylic acids is 3. The molecule has 2 aromatic rings. The minimum atomic E-state index is -0.580. The maximum absolute atomic E-state index is 12.8. The van der Waals surface area contributed by atoms with Crippen molar-refractivity contribution in [2.45, 2.75) is 6.42 Å². The molecule has 0 aromatic heterocycles. The van der Waals surface area contributed by atoms with Crippen molar-refractivity contribution < 1.29 is 28.6 Å². The SMILES string of the molecule is COC(=O)c1ccc(Cl)c(NC(=O)[C@H]2CC(=O)N(c3ccc(OC)c(OC)c3)C2)c1. The third kappa shape index (κ3) is 4.33. The number of esters is 1. The van der Waals surface area contributed by atoms with Gasteiger partial charge in [-0.25, -0.2) is 4.79 Å². The Morgan fingerprint density at radius 1 is 1.07 bits per heavy atom. The fraction of sp³-hybridized carbons (Fsp3) is 0.286. The first-order chi connectivity index (χ1) is 14.4. The lowest BCUT2D eigenvalue weighted by molar-refractivity contribution is -0.122. The Balaban J connectivity index is 1.75. The molecule has 2 aromatic carbocycles. The van der Waals surface area contributed by atoms with E-state index in [1.54, 1.807) is 18.2 Å². The summed E-state index contributed by atoms with van der Waals surface area (Å²) < 4.78 is 15.2. The highest BCUT2D eigenvalue weighted by molar-refractivity contribution is 6.34. The standard InChI is InChI=1S/C21H21ClN2O6/c1-28-17-7-5-14(10-18(17)29-2)24-11-13(9-19(24)25)20(26)23-16-8-12(21(27)30-3)4-6-15(16)22/h4-8,10,13H,9,11H2,1-3H3,(H,23,26)/t13-/m0/s1. The second-order valence-corrected chi connectivity index (χ2v) is 7.03. The molecule has 158 valence electrons. The number of hydrogen-bond acceptors (Lipinski definition) is 6. The predicted molar refractivity (Wildman–Crippen MR) is 111 cm³/mol. The topological polar surface area (TPSA) is 94.2 Å². The van der Waals surface area contributed by atoms with Crippen molar-refractivity contribution in [2.24, 2.45) is 5.92 Å². The monoisotopic (exact) mass is 432 g/mol. The number of methoxy groups -OCH3 is 3. The quantitative estimate of drug-likeness (QED) is 0.705. The van der Waals surface area contributed by atoms with Crippen LogP contribution in [0, 0.1) is 5.92 Å². The summed E-state index contributed by atoms with van der Waals surface area (Å²) in [5.41, 5.74) is 1.15. The largest absolute Gasteiger partial charge is 0.493 e. The van der Waals surface area contributed by atoms with Crippen LogP contribution in [0.25, 0.3) is 0 Å². The predicted octanol–water partition coefficient (Wildman–Crippen LogP) is 3.14. The van der Waals surface area contributed by atoms with E-state index in [-0.39, 0.29) is 41.1 Å². The summed E-state index contributed by atoms with van der Waals surface area (Å²) in [5.74, 6) is -0.641. The summed E-state index contributed by atoms with van der Waals surface area (Å²) >= 11 is 6.14. The van der Waals surface area contributed by atoms with Gasteiger partial charge in [0.15, 0.2) is 11.5 Å². The molecule has 0 saturated carbocycles. The van der Waals surface area contributed by atoms with Gasteiger partial charge in [-0.1, -0.05) is 11.6 Å². The molecule has 9 heteroatoms. The fourth-order valence-corrected chi connectivity index (χ4v) is 3.39. The summed E-state index contributed by atoms with van der Waals surface area (Å²) in [6.45, 7) is 0.203. The first-order valence-corrected chi connectivity index (χ1v) is 9.46. The van der Waals surface area contributed by atoms with Gasteiger partial charge in [-0.05, 0) is 30.3 Å². The van der Waals surface area contributed by atoms with Crippen molar-refractivity contribution in [1.82, 2.24) is 0 Å². The molecule has 1 heterocycles. The van der Waals surface area contributed by atoms with E-state index in [9.17, 15) is 14.4 Å². The third-order valence-electron chi connectivity index (χ3n) is 4.82. The van der Waals surface area contributed by atoms with Crippen molar-refractivity contribution >= 4 is 40.8 Å². The zero-order valence-corrected chi connectivity index (χ0v) is 17.5. The number of nitrogens with zero attached hydrogens (tertiary/aromatic N) is 1. The number of nitrogens with one attached hydrogen (secondary N) is 1. The van der Waals surface area contributed by atoms with E-state index < -0.39 is 11.9 Å². The molecule has 30 heavy (non-hydrogen) atoms. The fourth-order valence-electron chi connectivity index (χ4n) is 3.23. The second-order valence-electron chi connectivity index (χ2n) is 6.62. The summed E-state index contributed by atoms with van der Waals surface area (Å²) in [7, 11) is 4.30. The number of ether oxygens (including phenoxy) is 3. The number of amides is 2. The van der Waals surface area contributed by atoms with E-state index in [1.165, 1.54) is 44.4 Å². The van der Waals surface area contributed by atoms with Gasteiger partial charge >= 0.3 is 5.97 Å². The van der Waals surface area contributed by atoms with Crippen LogP contribution in [0.15, 0.2) is 36.4 Å². The summed E-state index contributed by atoms with van der Waals surface area (Å²) in [5, 5.41) is 2.98. The molecular formula is C21H21ClN2O6. The van der Waals surface area contributed by atoms with Gasteiger partial charge in [-0.2, -0.15) is 0 Å². The van der Waals surface area contributed by atoms with Crippen LogP contribution < -0.4 is 19.7 Å². The van der Waals surface area contributed by atoms with E-state index in [2.05, 4.69) is 10.1 Å². The highest BCUT2D eigenvalue weighted by Gasteiger charge is 2.35. The van der Waals surface area contributed by atoms with Crippen molar-refractivity contribution in [3.8, 4) is 11.5 Å². The molecular weight excluding hydrogens is 412 g/mol. The van der Waals surface area contributed by atoms with E-state index in [4.69, 9.17) is 21.1 Å². The molecule has 1 saturated heterocycles. The third-order valence-corrected chi connectivity index (χ3v) is 5.15. The average Bonchev–Trinajstić information content (AvgIpc) is 3.15. The molecule has 2 amide bonds. The number of halogens is 1. The van der Waals surface area contributed by atoms with Gasteiger partial charge in [0.1, 0.15) is 0 Å². The molecule has 0 bridgehead atoms. The summed E-state index contributed by atoms with van der Waals surface area (Å²) in [4.78, 5) is 38.5. The van der Waals surface area contributed by atoms with Crippen molar-refractivity contribution in [3.05, 3.63) is 47.0 Å². The minimum Gasteiger partial charge on any atom is -0.493 e. The Morgan fingerprint density at radius 3 is 2.47 bits per heavy atom. The van der Waals surface area contributed by atoms with Crippen LogP contribution in [0.1, 0.15) is 16.8 Å². The second kappa shape index (κ2) is 9.04. The van der Waals surface area contributed by atoms with E-state index in [1.807, 2.05) is 0 Å². The normalized spacial score (nSPS) is 15.7. The smallest absolute Gasteiger partial charge is 0.337 e. The molecule has 0 unspecified atom stereocenters. The molecule has 1 N–H and O–H groups in total. The first-order valence-electron chi connectivity index (χ1n) is 9.09. The minimum absolute atomic E-state index is 0.0501. The van der Waals surface area contributed by atoms with Crippen LogP contribution in [0.3, 0.4) is 0 Å². The van der Waals surface area contributed by atoms with Gasteiger partial charge < -0.3 is 24.4 Å². The average molecular weight is 433 g/mol. The lowest BCUT2D eigenvalue weighted by atomic mass is 10.1. The Morgan fingerprint density at radius 2 is 1.80 bits per heavy atom. The summed E-state index contributed by atoms with van der Waals surface area (Å²) in [6.07, 6.45) is 0.0501. The van der Waals surface area contributed by atoms with Crippen molar-refractivity contribution in [3.63, 3.8) is 0 Å². The van der Waals surface area contributed by atoms with Gasteiger partial charge in [-0.15, -0.1) is 0 Å². The number of carbonyl (C=O) groups is 3. The Bertz CT molecular complexity index is 993. The molecule has 0 radical (unpaired) electrons. The molecule has 8 nitrogen and oxygen atoms in total. The number of rotatable bonds is 6. The van der Waals surface area contributed by atoms with E-state index in [0.29, 0.717) is 17.2 Å².